The summed E-state index contributed by atoms with van der Waals surface area (Å²) in [6.07, 6.45) is 0. The Kier molecular flexibility index (Phi) is 3.49. The van der Waals surface area contributed by atoms with E-state index < -0.39 is 23.7 Å². The van der Waals surface area contributed by atoms with Gasteiger partial charge in [-0.1, -0.05) is 12.2 Å². The van der Waals surface area contributed by atoms with Gasteiger partial charge in [0, 0.05) is 12.6 Å². The lowest BCUT2D eigenvalue weighted by Crippen LogP contribution is -2.32. The normalized spacial score (nSPS) is 15.2. The molecule has 0 aromatic heterocycles. The second kappa shape index (κ2) is 4.97. The molecule has 20 heavy (non-hydrogen) atoms. The number of hydrogen-bond acceptors (Lipinski definition) is 4. The molecular formula is C12H10FN3O3S. The Morgan fingerprint density at radius 2 is 1.95 bits per heavy atom. The van der Waals surface area contributed by atoms with Crippen molar-refractivity contribution in [1.82, 2.24) is 9.80 Å². The fourth-order valence-corrected chi connectivity index (χ4v) is 2.06. The number of halogens is 1. The molecule has 6 nitrogen and oxygen atoms in total. The zero-order valence-corrected chi connectivity index (χ0v) is 11.2. The van der Waals surface area contributed by atoms with Crippen molar-refractivity contribution in [3.63, 3.8) is 0 Å². The number of nitrogens with two attached hydrogens (primary N) is 1. The maximum Gasteiger partial charge on any atom is 0.334 e. The Morgan fingerprint density at radius 1 is 1.30 bits per heavy atom. The highest BCUT2D eigenvalue weighted by atomic mass is 32.1. The van der Waals surface area contributed by atoms with Gasteiger partial charge < -0.3 is 5.73 Å². The van der Waals surface area contributed by atoms with Gasteiger partial charge in [0.2, 0.25) is 0 Å². The largest absolute Gasteiger partial charge is 0.389 e. The van der Waals surface area contributed by atoms with Gasteiger partial charge in [-0.25, -0.2) is 9.18 Å². The summed E-state index contributed by atoms with van der Waals surface area (Å²) in [7, 11) is 1.20. The van der Waals surface area contributed by atoms with E-state index in [0.29, 0.717) is 10.5 Å². The van der Waals surface area contributed by atoms with Crippen molar-refractivity contribution >= 4 is 35.1 Å². The SMILES string of the molecule is CN1C(=O)C(=O)N(Cc2cc(F)ccc2C(N)=S)C1=O. The number of carbonyl (C=O) groups is 3. The number of rotatable bonds is 3. The second-order valence-electron chi connectivity index (χ2n) is 4.20. The van der Waals surface area contributed by atoms with Gasteiger partial charge in [0.1, 0.15) is 10.8 Å². The van der Waals surface area contributed by atoms with E-state index in [-0.39, 0.29) is 17.1 Å². The molecule has 4 amide bonds. The summed E-state index contributed by atoms with van der Waals surface area (Å²) in [6, 6.07) is 2.89. The number of benzene rings is 1. The van der Waals surface area contributed by atoms with Crippen LogP contribution in [0.5, 0.6) is 0 Å². The first-order valence-electron chi connectivity index (χ1n) is 5.54. The lowest BCUT2D eigenvalue weighted by atomic mass is 10.1. The molecule has 2 N–H and O–H groups in total. The minimum atomic E-state index is -0.962. The second-order valence-corrected chi connectivity index (χ2v) is 4.64. The number of imide groups is 2. The minimum absolute atomic E-state index is 0.0128. The molecule has 8 heteroatoms. The third-order valence-corrected chi connectivity index (χ3v) is 3.13. The molecule has 1 saturated heterocycles. The number of urea groups is 1. The smallest absolute Gasteiger partial charge is 0.334 e. The van der Waals surface area contributed by atoms with E-state index in [2.05, 4.69) is 0 Å². The van der Waals surface area contributed by atoms with Crippen LogP contribution >= 0.6 is 12.2 Å². The standard InChI is InChI=1S/C12H10FN3O3S/c1-15-10(17)11(18)16(12(15)19)5-6-4-7(13)2-3-8(6)9(14)20/h2-4H,5H2,1H3,(H2,14,20). The van der Waals surface area contributed by atoms with Crippen LogP contribution < -0.4 is 5.73 Å². The first-order valence-corrected chi connectivity index (χ1v) is 5.95. The Hall–Kier alpha value is -2.35. The average molecular weight is 295 g/mol. The van der Waals surface area contributed by atoms with Gasteiger partial charge in [-0.2, -0.15) is 0 Å². The molecule has 0 saturated carbocycles. The van der Waals surface area contributed by atoms with Gasteiger partial charge >= 0.3 is 17.8 Å². The van der Waals surface area contributed by atoms with Gasteiger partial charge in [-0.15, -0.1) is 0 Å². The number of likely N-dealkylation sites (N-methyl/N-ethyl adjacent to an activating group) is 1. The van der Waals surface area contributed by atoms with Gasteiger partial charge in [0.15, 0.2) is 0 Å². The molecule has 0 aliphatic carbocycles. The molecule has 0 spiro atoms. The molecule has 1 aromatic carbocycles. The number of carbonyl (C=O) groups excluding carboxylic acids is 3. The van der Waals surface area contributed by atoms with E-state index in [4.69, 9.17) is 18.0 Å². The molecule has 1 aliphatic rings. The molecule has 1 aliphatic heterocycles. The topological polar surface area (TPSA) is 83.7 Å². The third kappa shape index (κ3) is 2.25. The molecule has 2 rings (SSSR count). The number of nitrogens with zero attached hydrogens (tertiary/aromatic N) is 2. The van der Waals surface area contributed by atoms with Gasteiger partial charge in [0.25, 0.3) is 0 Å². The van der Waals surface area contributed by atoms with Crippen LogP contribution in [0.4, 0.5) is 9.18 Å². The highest BCUT2D eigenvalue weighted by molar-refractivity contribution is 7.80. The maximum atomic E-state index is 13.3. The van der Waals surface area contributed by atoms with Crippen molar-refractivity contribution < 1.29 is 18.8 Å². The molecular weight excluding hydrogens is 285 g/mol. The highest BCUT2D eigenvalue weighted by Gasteiger charge is 2.42. The van der Waals surface area contributed by atoms with Crippen molar-refractivity contribution in [2.45, 2.75) is 6.54 Å². The van der Waals surface area contributed by atoms with E-state index >= 15 is 0 Å². The van der Waals surface area contributed by atoms with Gasteiger partial charge in [0.05, 0.1) is 6.54 Å². The lowest BCUT2D eigenvalue weighted by Gasteiger charge is -2.15. The third-order valence-electron chi connectivity index (χ3n) is 2.91. The molecule has 0 radical (unpaired) electrons. The van der Waals surface area contributed by atoms with Gasteiger partial charge in [-0.05, 0) is 23.8 Å². The number of amides is 4. The first-order chi connectivity index (χ1) is 9.32. The minimum Gasteiger partial charge on any atom is -0.389 e. The zero-order valence-electron chi connectivity index (χ0n) is 10.4. The molecule has 104 valence electrons. The summed E-state index contributed by atoms with van der Waals surface area (Å²) in [6.45, 7) is -0.266. The van der Waals surface area contributed by atoms with E-state index in [1.54, 1.807) is 0 Å². The molecule has 1 heterocycles. The van der Waals surface area contributed by atoms with E-state index in [1.807, 2.05) is 0 Å². The molecule has 0 bridgehead atoms. The molecule has 0 unspecified atom stereocenters. The first kappa shape index (κ1) is 14.1. The van der Waals surface area contributed by atoms with Crippen LogP contribution in [0, 0.1) is 5.82 Å². The lowest BCUT2D eigenvalue weighted by molar-refractivity contribution is -0.143. The predicted molar refractivity (Wildman–Crippen MR) is 71.0 cm³/mol. The van der Waals surface area contributed by atoms with Crippen molar-refractivity contribution in [3.8, 4) is 0 Å². The maximum absolute atomic E-state index is 13.3. The monoisotopic (exact) mass is 295 g/mol. The summed E-state index contributed by atoms with van der Waals surface area (Å²) >= 11 is 4.83. The van der Waals surface area contributed by atoms with Crippen molar-refractivity contribution in [3.05, 3.63) is 35.1 Å². The molecule has 0 atom stereocenters. The number of thiocarbonyl (C=S) groups is 1. The van der Waals surface area contributed by atoms with Crippen LogP contribution in [-0.4, -0.2) is 39.7 Å². The highest BCUT2D eigenvalue weighted by Crippen LogP contribution is 2.18. The van der Waals surface area contributed by atoms with E-state index in [1.165, 1.54) is 19.2 Å². The predicted octanol–water partition coefficient (Wildman–Crippen LogP) is 0.381. The fourth-order valence-electron chi connectivity index (χ4n) is 1.86. The van der Waals surface area contributed by atoms with Crippen molar-refractivity contribution in [2.24, 2.45) is 5.73 Å². The Morgan fingerprint density at radius 3 is 2.45 bits per heavy atom. The van der Waals surface area contributed by atoms with E-state index in [0.717, 1.165) is 11.0 Å². The molecule has 1 fully saturated rings. The Balaban J connectivity index is 2.38. The van der Waals surface area contributed by atoms with Crippen molar-refractivity contribution in [1.29, 1.82) is 0 Å². The molecule has 1 aromatic rings. The summed E-state index contributed by atoms with van der Waals surface area (Å²) in [5, 5.41) is 0. The Bertz CT molecular complexity index is 647. The van der Waals surface area contributed by atoms with Crippen LogP contribution in [0.2, 0.25) is 0 Å². The summed E-state index contributed by atoms with van der Waals surface area (Å²) < 4.78 is 13.3. The van der Waals surface area contributed by atoms with Crippen LogP contribution in [-0.2, 0) is 16.1 Å². The van der Waals surface area contributed by atoms with Crippen LogP contribution in [0.1, 0.15) is 11.1 Å². The van der Waals surface area contributed by atoms with Crippen molar-refractivity contribution in [2.75, 3.05) is 7.05 Å². The fraction of sp³-hybridized carbons (Fsp3) is 0.167. The summed E-state index contributed by atoms with van der Waals surface area (Å²) in [4.78, 5) is 36.2. The summed E-state index contributed by atoms with van der Waals surface area (Å²) in [5.74, 6) is -2.45. The quantitative estimate of drug-likeness (QED) is 0.495. The van der Waals surface area contributed by atoms with Crippen LogP contribution in [0.3, 0.4) is 0 Å². The van der Waals surface area contributed by atoms with Crippen LogP contribution in [0.25, 0.3) is 0 Å². The van der Waals surface area contributed by atoms with E-state index in [9.17, 15) is 18.8 Å². The van der Waals surface area contributed by atoms with Gasteiger partial charge in [-0.3, -0.25) is 19.4 Å². The van der Waals surface area contributed by atoms with Crippen LogP contribution in [0.15, 0.2) is 18.2 Å². The number of hydrogen-bond donors (Lipinski definition) is 1. The summed E-state index contributed by atoms with van der Waals surface area (Å²) in [5.41, 5.74) is 6.12. The average Bonchev–Trinajstić information content (AvgIpc) is 2.56. The zero-order chi connectivity index (χ0) is 15.0. The Labute approximate surface area is 118 Å².